The molecule has 191 valence electrons. The van der Waals surface area contributed by atoms with Gasteiger partial charge >= 0.3 is 6.61 Å². The van der Waals surface area contributed by atoms with Gasteiger partial charge < -0.3 is 25.8 Å². The van der Waals surface area contributed by atoms with Crippen molar-refractivity contribution in [1.29, 1.82) is 0 Å². The van der Waals surface area contributed by atoms with Crippen LogP contribution in [0, 0.1) is 6.42 Å². The van der Waals surface area contributed by atoms with Crippen molar-refractivity contribution < 1.29 is 37.4 Å². The van der Waals surface area contributed by atoms with Crippen LogP contribution in [0.3, 0.4) is 0 Å². The lowest BCUT2D eigenvalue weighted by Gasteiger charge is -2.24. The zero-order chi connectivity index (χ0) is 26.1. The maximum absolute atomic E-state index is 13.1. The van der Waals surface area contributed by atoms with Crippen LogP contribution in [0.2, 0.25) is 0 Å². The molecule has 1 saturated heterocycles. The Hall–Kier alpha value is -3.70. The SMILES string of the molecule is NC(=O)[C@]1(C(=O)[C@H](Cc2ccccc2)NC(=O)[C@H](COC(F)F)NC(=O)[CH]Cc2ccccc2)CO1. The van der Waals surface area contributed by atoms with Gasteiger partial charge in [0, 0.05) is 0 Å². The van der Waals surface area contributed by atoms with Crippen molar-refractivity contribution in [3.05, 3.63) is 78.2 Å². The Morgan fingerprint density at radius 1 is 0.972 bits per heavy atom. The molecule has 1 heterocycles. The van der Waals surface area contributed by atoms with Crippen LogP contribution in [-0.2, 0) is 41.5 Å². The lowest BCUT2D eigenvalue weighted by molar-refractivity contribution is -0.148. The van der Waals surface area contributed by atoms with Gasteiger partial charge in [-0.25, -0.2) is 0 Å². The van der Waals surface area contributed by atoms with Gasteiger partial charge in [0.25, 0.3) is 5.91 Å². The molecule has 0 spiro atoms. The lowest BCUT2D eigenvalue weighted by atomic mass is 9.93. The summed E-state index contributed by atoms with van der Waals surface area (Å²) in [5.74, 6) is -3.42. The number of hydrogen-bond acceptors (Lipinski definition) is 6. The molecule has 3 amide bonds. The number of carbonyl (C=O) groups is 4. The van der Waals surface area contributed by atoms with Crippen LogP contribution in [-0.4, -0.2) is 61.0 Å². The third kappa shape index (κ3) is 7.40. The zero-order valence-corrected chi connectivity index (χ0v) is 19.2. The summed E-state index contributed by atoms with van der Waals surface area (Å²) in [6.07, 6.45) is 1.47. The molecule has 0 aromatic heterocycles. The Morgan fingerprint density at radius 2 is 1.56 bits per heavy atom. The molecule has 2 aromatic rings. The summed E-state index contributed by atoms with van der Waals surface area (Å²) in [7, 11) is 0. The number of carbonyl (C=O) groups excluding carboxylic acids is 4. The Kier molecular flexibility index (Phi) is 9.20. The molecule has 3 rings (SSSR count). The smallest absolute Gasteiger partial charge is 0.345 e. The molecule has 0 aliphatic carbocycles. The number of nitrogens with one attached hydrogen (secondary N) is 2. The maximum atomic E-state index is 13.1. The van der Waals surface area contributed by atoms with E-state index in [0.29, 0.717) is 5.56 Å². The minimum atomic E-state index is -3.19. The molecular weight excluding hydrogens is 476 g/mol. The van der Waals surface area contributed by atoms with Crippen LogP contribution < -0.4 is 16.4 Å². The predicted octanol–water partition coefficient (Wildman–Crippen LogP) is 0.708. The molecule has 36 heavy (non-hydrogen) atoms. The highest BCUT2D eigenvalue weighted by atomic mass is 19.3. The van der Waals surface area contributed by atoms with E-state index in [2.05, 4.69) is 15.4 Å². The minimum absolute atomic E-state index is 0.0275. The van der Waals surface area contributed by atoms with Crippen LogP contribution >= 0.6 is 0 Å². The molecule has 2 aromatic carbocycles. The molecule has 11 heteroatoms. The van der Waals surface area contributed by atoms with E-state index in [4.69, 9.17) is 10.5 Å². The summed E-state index contributed by atoms with van der Waals surface area (Å²) in [6, 6.07) is 14.8. The number of ketones is 1. The molecule has 1 fully saturated rings. The van der Waals surface area contributed by atoms with Gasteiger partial charge in [-0.3, -0.25) is 19.2 Å². The van der Waals surface area contributed by atoms with E-state index in [1.54, 1.807) is 54.6 Å². The molecule has 0 bridgehead atoms. The second kappa shape index (κ2) is 12.3. The maximum Gasteiger partial charge on any atom is 0.345 e. The fourth-order valence-electron chi connectivity index (χ4n) is 3.50. The number of alkyl halides is 2. The average molecular weight is 502 g/mol. The summed E-state index contributed by atoms with van der Waals surface area (Å²) in [6.45, 7) is -4.27. The lowest BCUT2D eigenvalue weighted by Crippen LogP contribution is -2.57. The summed E-state index contributed by atoms with van der Waals surface area (Å²) in [5, 5.41) is 4.77. The minimum Gasteiger partial charge on any atom is -0.367 e. The molecule has 1 radical (unpaired) electrons. The summed E-state index contributed by atoms with van der Waals surface area (Å²) >= 11 is 0. The quantitative estimate of drug-likeness (QED) is 0.257. The summed E-state index contributed by atoms with van der Waals surface area (Å²) in [4.78, 5) is 50.3. The van der Waals surface area contributed by atoms with E-state index in [0.717, 1.165) is 5.56 Å². The second-order valence-electron chi connectivity index (χ2n) is 8.14. The monoisotopic (exact) mass is 502 g/mol. The van der Waals surface area contributed by atoms with Crippen LogP contribution in [0.25, 0.3) is 0 Å². The van der Waals surface area contributed by atoms with E-state index in [1.807, 2.05) is 6.07 Å². The molecule has 1 aliphatic rings. The van der Waals surface area contributed by atoms with Crippen molar-refractivity contribution in [3.8, 4) is 0 Å². The standard InChI is InChI=1S/C25H26F2N3O6/c26-24(27)35-14-19(29-20(31)12-11-16-7-3-1-4-8-16)22(33)30-18(13-17-9-5-2-6-10-17)21(32)25(15-36-25)23(28)34/h1-10,12,18-19,24H,11,13-15H2,(H2,28,34)(H,29,31)(H,30,33)/t18-,19-,25+/m0/s1. The number of primary amides is 1. The Labute approximate surface area is 206 Å². The number of amides is 3. The molecular formula is C25H26F2N3O6. The van der Waals surface area contributed by atoms with Gasteiger partial charge in [0.1, 0.15) is 6.04 Å². The molecule has 3 atom stereocenters. The average Bonchev–Trinajstić information content (AvgIpc) is 3.68. The van der Waals surface area contributed by atoms with Gasteiger partial charge in [0.2, 0.25) is 17.4 Å². The predicted molar refractivity (Wildman–Crippen MR) is 123 cm³/mol. The largest absolute Gasteiger partial charge is 0.367 e. The topological polar surface area (TPSA) is 140 Å². The van der Waals surface area contributed by atoms with Crippen molar-refractivity contribution in [2.45, 2.75) is 37.1 Å². The number of hydrogen-bond donors (Lipinski definition) is 3. The molecule has 4 N–H and O–H groups in total. The van der Waals surface area contributed by atoms with Crippen molar-refractivity contribution in [3.63, 3.8) is 0 Å². The van der Waals surface area contributed by atoms with E-state index in [-0.39, 0.29) is 19.4 Å². The molecule has 0 unspecified atom stereocenters. The van der Waals surface area contributed by atoms with E-state index in [1.165, 1.54) is 6.42 Å². The normalized spacial score (nSPS) is 18.2. The molecule has 0 saturated carbocycles. The van der Waals surface area contributed by atoms with Crippen LogP contribution in [0.1, 0.15) is 11.1 Å². The van der Waals surface area contributed by atoms with Crippen molar-refractivity contribution >= 4 is 23.5 Å². The fraction of sp³-hybridized carbons (Fsp3) is 0.320. The first-order valence-electron chi connectivity index (χ1n) is 11.1. The highest BCUT2D eigenvalue weighted by molar-refractivity contribution is 6.14. The highest BCUT2D eigenvalue weighted by Crippen LogP contribution is 2.29. The van der Waals surface area contributed by atoms with Gasteiger partial charge in [0.05, 0.1) is 25.7 Å². The van der Waals surface area contributed by atoms with Gasteiger partial charge in [-0.2, -0.15) is 8.78 Å². The fourth-order valence-corrected chi connectivity index (χ4v) is 3.50. The van der Waals surface area contributed by atoms with Gasteiger partial charge in [-0.05, 0) is 24.0 Å². The van der Waals surface area contributed by atoms with Gasteiger partial charge in [-0.1, -0.05) is 60.7 Å². The van der Waals surface area contributed by atoms with Crippen molar-refractivity contribution in [1.82, 2.24) is 10.6 Å². The number of rotatable bonds is 14. The van der Waals surface area contributed by atoms with E-state index >= 15 is 0 Å². The summed E-state index contributed by atoms with van der Waals surface area (Å²) in [5.41, 5.74) is 4.93. The Balaban J connectivity index is 1.72. The second-order valence-corrected chi connectivity index (χ2v) is 8.14. The Bertz CT molecular complexity index is 1060. The first-order chi connectivity index (χ1) is 17.2. The van der Waals surface area contributed by atoms with Crippen molar-refractivity contribution in [2.75, 3.05) is 13.2 Å². The summed E-state index contributed by atoms with van der Waals surface area (Å²) < 4.78 is 34.7. The zero-order valence-electron chi connectivity index (χ0n) is 19.2. The first kappa shape index (κ1) is 26.9. The highest BCUT2D eigenvalue weighted by Gasteiger charge is 2.59. The van der Waals surface area contributed by atoms with Gasteiger partial charge in [-0.15, -0.1) is 0 Å². The van der Waals surface area contributed by atoms with Gasteiger partial charge in [0.15, 0.2) is 5.78 Å². The van der Waals surface area contributed by atoms with Crippen LogP contribution in [0.5, 0.6) is 0 Å². The number of benzene rings is 2. The number of halogens is 2. The molecule has 9 nitrogen and oxygen atoms in total. The first-order valence-corrected chi connectivity index (χ1v) is 11.1. The number of ether oxygens (including phenoxy) is 2. The molecule has 1 aliphatic heterocycles. The number of epoxide rings is 1. The third-order valence-corrected chi connectivity index (χ3v) is 5.53. The number of nitrogens with two attached hydrogens (primary N) is 1. The van der Waals surface area contributed by atoms with Crippen LogP contribution in [0.15, 0.2) is 60.7 Å². The Morgan fingerprint density at radius 3 is 2.08 bits per heavy atom. The number of Topliss-reactive ketones (excluding diaryl/α,β-unsaturated/α-hetero) is 1. The van der Waals surface area contributed by atoms with Crippen molar-refractivity contribution in [2.24, 2.45) is 5.73 Å². The van der Waals surface area contributed by atoms with E-state index in [9.17, 15) is 28.0 Å². The van der Waals surface area contributed by atoms with Crippen LogP contribution in [0.4, 0.5) is 8.78 Å². The van der Waals surface area contributed by atoms with E-state index < -0.39 is 54.4 Å². The third-order valence-electron chi connectivity index (χ3n) is 5.53.